The normalized spacial score (nSPS) is 12.4. The number of benzene rings is 2. The molecule has 2 aromatic carbocycles. The van der Waals surface area contributed by atoms with Gasteiger partial charge < -0.3 is 5.32 Å². The largest absolute Gasteiger partial charge is 0.309 e. The molecule has 1 atom stereocenters. The molecule has 0 amide bonds. The van der Waals surface area contributed by atoms with Crippen molar-refractivity contribution in [3.63, 3.8) is 0 Å². The molecule has 3 heteroatoms. The van der Waals surface area contributed by atoms with Crippen LogP contribution >= 0.6 is 22.6 Å². The summed E-state index contributed by atoms with van der Waals surface area (Å²) in [6.07, 6.45) is 0. The Morgan fingerprint density at radius 1 is 0.941 bits per heavy atom. The lowest BCUT2D eigenvalue weighted by molar-refractivity contribution is 0.623. The van der Waals surface area contributed by atoms with Crippen molar-refractivity contribution in [2.45, 2.75) is 6.04 Å². The Morgan fingerprint density at radius 3 is 1.88 bits per heavy atom. The van der Waals surface area contributed by atoms with Crippen LogP contribution in [-0.4, -0.2) is 7.05 Å². The van der Waals surface area contributed by atoms with Crippen molar-refractivity contribution in [1.29, 1.82) is 0 Å². The molecular formula is C14H13FIN. The third-order valence-electron chi connectivity index (χ3n) is 2.70. The topological polar surface area (TPSA) is 12.0 Å². The molecule has 2 aromatic rings. The van der Waals surface area contributed by atoms with E-state index in [1.54, 1.807) is 0 Å². The summed E-state index contributed by atoms with van der Waals surface area (Å²) in [6, 6.07) is 15.0. The second-order valence-corrected chi connectivity index (χ2v) is 5.07. The first kappa shape index (κ1) is 12.5. The molecule has 1 N–H and O–H groups in total. The van der Waals surface area contributed by atoms with Gasteiger partial charge >= 0.3 is 0 Å². The Balaban J connectivity index is 2.33. The lowest BCUT2D eigenvalue weighted by atomic mass is 9.99. The van der Waals surface area contributed by atoms with Crippen LogP contribution in [0.2, 0.25) is 0 Å². The van der Waals surface area contributed by atoms with Crippen molar-refractivity contribution in [1.82, 2.24) is 5.32 Å². The molecule has 0 aliphatic carbocycles. The van der Waals surface area contributed by atoms with E-state index in [1.165, 1.54) is 21.3 Å². The summed E-state index contributed by atoms with van der Waals surface area (Å²) in [6.45, 7) is 0. The highest BCUT2D eigenvalue weighted by Crippen LogP contribution is 2.22. The van der Waals surface area contributed by atoms with Crippen molar-refractivity contribution in [2.24, 2.45) is 0 Å². The highest BCUT2D eigenvalue weighted by atomic mass is 127. The molecule has 0 aliphatic rings. The average Bonchev–Trinajstić information content (AvgIpc) is 2.35. The predicted octanol–water partition coefficient (Wildman–Crippen LogP) is 3.74. The predicted molar refractivity (Wildman–Crippen MR) is 76.5 cm³/mol. The van der Waals surface area contributed by atoms with Gasteiger partial charge in [-0.2, -0.15) is 0 Å². The van der Waals surface area contributed by atoms with Gasteiger partial charge in [0.05, 0.1) is 6.04 Å². The minimum absolute atomic E-state index is 0.104. The molecule has 0 aromatic heterocycles. The molecule has 0 fully saturated rings. The first-order valence-electron chi connectivity index (χ1n) is 5.39. The zero-order valence-electron chi connectivity index (χ0n) is 9.45. The Hall–Kier alpha value is -0.940. The van der Waals surface area contributed by atoms with Crippen LogP contribution < -0.4 is 5.32 Å². The number of hydrogen-bond acceptors (Lipinski definition) is 1. The van der Waals surface area contributed by atoms with Crippen LogP contribution in [0.4, 0.5) is 4.39 Å². The van der Waals surface area contributed by atoms with Gasteiger partial charge in [0.1, 0.15) is 5.82 Å². The van der Waals surface area contributed by atoms with Crippen LogP contribution in [0.5, 0.6) is 0 Å². The van der Waals surface area contributed by atoms with E-state index in [4.69, 9.17) is 0 Å². The highest BCUT2D eigenvalue weighted by Gasteiger charge is 2.11. The smallest absolute Gasteiger partial charge is 0.123 e. The van der Waals surface area contributed by atoms with Crippen LogP contribution in [0.1, 0.15) is 17.2 Å². The van der Waals surface area contributed by atoms with Crippen molar-refractivity contribution >= 4 is 22.6 Å². The number of hydrogen-bond donors (Lipinski definition) is 1. The molecule has 1 nitrogen and oxygen atoms in total. The maximum Gasteiger partial charge on any atom is 0.123 e. The van der Waals surface area contributed by atoms with Crippen molar-refractivity contribution in [3.8, 4) is 0 Å². The van der Waals surface area contributed by atoms with Crippen LogP contribution in [0.25, 0.3) is 0 Å². The highest BCUT2D eigenvalue weighted by molar-refractivity contribution is 14.1. The molecule has 0 bridgehead atoms. The first-order valence-corrected chi connectivity index (χ1v) is 6.47. The molecule has 0 aliphatic heterocycles. The van der Waals surface area contributed by atoms with Crippen molar-refractivity contribution in [2.75, 3.05) is 7.05 Å². The van der Waals surface area contributed by atoms with E-state index in [1.807, 2.05) is 19.2 Å². The summed E-state index contributed by atoms with van der Waals surface area (Å²) >= 11 is 2.28. The van der Waals surface area contributed by atoms with Crippen LogP contribution in [0.15, 0.2) is 48.5 Å². The lowest BCUT2D eigenvalue weighted by Gasteiger charge is -2.17. The van der Waals surface area contributed by atoms with E-state index >= 15 is 0 Å². The van der Waals surface area contributed by atoms with E-state index in [9.17, 15) is 4.39 Å². The summed E-state index contributed by atoms with van der Waals surface area (Å²) in [5.41, 5.74) is 2.25. The average molecular weight is 341 g/mol. The molecule has 0 heterocycles. The second-order valence-electron chi connectivity index (χ2n) is 3.82. The Labute approximate surface area is 114 Å². The third-order valence-corrected chi connectivity index (χ3v) is 3.41. The van der Waals surface area contributed by atoms with Gasteiger partial charge in [0.2, 0.25) is 0 Å². The molecule has 0 spiro atoms. The Morgan fingerprint density at radius 2 is 1.41 bits per heavy atom. The van der Waals surface area contributed by atoms with Gasteiger partial charge in [-0.1, -0.05) is 24.3 Å². The van der Waals surface area contributed by atoms with Crippen LogP contribution in [0.3, 0.4) is 0 Å². The molecule has 1 unspecified atom stereocenters. The minimum Gasteiger partial charge on any atom is -0.309 e. The van der Waals surface area contributed by atoms with E-state index in [0.717, 1.165) is 5.56 Å². The first-order chi connectivity index (χ1) is 8.20. The molecular weight excluding hydrogens is 328 g/mol. The standard InChI is InChI=1S/C14H13FIN/c1-17-14(10-2-6-12(15)7-3-10)11-4-8-13(16)9-5-11/h2-9,14,17H,1H3. The zero-order chi connectivity index (χ0) is 12.3. The van der Waals surface area contributed by atoms with Crippen molar-refractivity contribution < 1.29 is 4.39 Å². The summed E-state index contributed by atoms with van der Waals surface area (Å²) < 4.78 is 14.1. The molecule has 0 saturated carbocycles. The van der Waals surface area contributed by atoms with Gasteiger partial charge in [-0.25, -0.2) is 4.39 Å². The summed E-state index contributed by atoms with van der Waals surface area (Å²) in [7, 11) is 1.91. The molecule has 88 valence electrons. The molecule has 17 heavy (non-hydrogen) atoms. The van der Waals surface area contributed by atoms with Gasteiger partial charge in [0, 0.05) is 3.57 Å². The van der Waals surface area contributed by atoms with Gasteiger partial charge in [-0.15, -0.1) is 0 Å². The van der Waals surface area contributed by atoms with Crippen LogP contribution in [-0.2, 0) is 0 Å². The summed E-state index contributed by atoms with van der Waals surface area (Å²) in [5.74, 6) is -0.203. The molecule has 2 rings (SSSR count). The van der Waals surface area contributed by atoms with Gasteiger partial charge in [-0.05, 0) is 65.0 Å². The molecule has 0 radical (unpaired) electrons. The van der Waals surface area contributed by atoms with E-state index in [-0.39, 0.29) is 11.9 Å². The fourth-order valence-corrected chi connectivity index (χ4v) is 2.20. The van der Waals surface area contributed by atoms with E-state index in [0.29, 0.717) is 0 Å². The maximum absolute atomic E-state index is 12.9. The monoisotopic (exact) mass is 341 g/mol. The lowest BCUT2D eigenvalue weighted by Crippen LogP contribution is -2.17. The Bertz CT molecular complexity index is 433. The third kappa shape index (κ3) is 3.04. The maximum atomic E-state index is 12.9. The van der Waals surface area contributed by atoms with E-state index in [2.05, 4.69) is 52.2 Å². The summed E-state index contributed by atoms with van der Waals surface area (Å²) in [4.78, 5) is 0. The van der Waals surface area contributed by atoms with Crippen LogP contribution in [0, 0.1) is 9.39 Å². The number of halogens is 2. The van der Waals surface area contributed by atoms with Crippen molar-refractivity contribution in [3.05, 3.63) is 69.0 Å². The SMILES string of the molecule is CNC(c1ccc(F)cc1)c1ccc(I)cc1. The van der Waals surface area contributed by atoms with Gasteiger partial charge in [-0.3, -0.25) is 0 Å². The fourth-order valence-electron chi connectivity index (χ4n) is 1.84. The summed E-state index contributed by atoms with van der Waals surface area (Å²) in [5, 5.41) is 3.25. The van der Waals surface area contributed by atoms with E-state index < -0.39 is 0 Å². The number of rotatable bonds is 3. The quantitative estimate of drug-likeness (QED) is 0.839. The number of nitrogens with one attached hydrogen (secondary N) is 1. The fraction of sp³-hybridized carbons (Fsp3) is 0.143. The minimum atomic E-state index is -0.203. The second kappa shape index (κ2) is 5.60. The molecule has 0 saturated heterocycles. The van der Waals surface area contributed by atoms with Gasteiger partial charge in [0.15, 0.2) is 0 Å². The zero-order valence-corrected chi connectivity index (χ0v) is 11.6. The van der Waals surface area contributed by atoms with Gasteiger partial charge in [0.25, 0.3) is 0 Å². The Kier molecular flexibility index (Phi) is 4.12.